The van der Waals surface area contributed by atoms with Gasteiger partial charge in [0.25, 0.3) is 0 Å². The molecule has 0 aliphatic carbocycles. The summed E-state index contributed by atoms with van der Waals surface area (Å²) < 4.78 is 53.0. The number of pyridine rings is 1. The summed E-state index contributed by atoms with van der Waals surface area (Å²) in [6.45, 7) is 0. The third-order valence-electron chi connectivity index (χ3n) is 2.90. The fourth-order valence-electron chi connectivity index (χ4n) is 1.87. The highest BCUT2D eigenvalue weighted by Gasteiger charge is 2.21. The Morgan fingerprint density at radius 1 is 0.857 bits per heavy atom. The number of aromatic nitrogens is 3. The van der Waals surface area contributed by atoms with Gasteiger partial charge >= 0.3 is 0 Å². The standard InChI is InChI=1S/C14H7F4N3/c15-8-5-7(12(16)14(18)13(8)17)10-6-11(21-20-10)9-3-1-2-4-19-9/h1-6H,(H,20,21). The lowest BCUT2D eigenvalue weighted by Crippen LogP contribution is -1.98. The molecule has 0 unspecified atom stereocenters. The van der Waals surface area contributed by atoms with Crippen molar-refractivity contribution in [3.63, 3.8) is 0 Å². The van der Waals surface area contributed by atoms with Crippen molar-refractivity contribution in [1.82, 2.24) is 15.2 Å². The van der Waals surface area contributed by atoms with E-state index in [2.05, 4.69) is 15.2 Å². The van der Waals surface area contributed by atoms with E-state index in [-0.39, 0.29) is 5.69 Å². The van der Waals surface area contributed by atoms with Gasteiger partial charge in [-0.25, -0.2) is 17.6 Å². The van der Waals surface area contributed by atoms with Crippen molar-refractivity contribution in [1.29, 1.82) is 0 Å². The van der Waals surface area contributed by atoms with E-state index in [9.17, 15) is 17.6 Å². The Kier molecular flexibility index (Phi) is 3.17. The van der Waals surface area contributed by atoms with Gasteiger partial charge in [-0.05, 0) is 24.3 Å². The van der Waals surface area contributed by atoms with E-state index in [4.69, 9.17) is 0 Å². The molecule has 3 aromatic rings. The molecule has 0 aliphatic rings. The Morgan fingerprint density at radius 2 is 1.67 bits per heavy atom. The topological polar surface area (TPSA) is 41.6 Å². The number of halogens is 4. The van der Waals surface area contributed by atoms with Crippen LogP contribution in [-0.2, 0) is 0 Å². The van der Waals surface area contributed by atoms with Gasteiger partial charge in [0.05, 0.1) is 17.1 Å². The van der Waals surface area contributed by atoms with Crippen LogP contribution >= 0.6 is 0 Å². The number of hydrogen-bond donors (Lipinski definition) is 1. The molecule has 0 aliphatic heterocycles. The first-order valence-corrected chi connectivity index (χ1v) is 5.88. The maximum atomic E-state index is 13.7. The quantitative estimate of drug-likeness (QED) is 0.445. The SMILES string of the molecule is Fc1cc(-c2cc(-c3ccccn3)[nH]n2)c(F)c(F)c1F. The van der Waals surface area contributed by atoms with Gasteiger partial charge in [0, 0.05) is 11.8 Å². The Hall–Kier alpha value is -2.70. The third-order valence-corrected chi connectivity index (χ3v) is 2.90. The maximum absolute atomic E-state index is 13.7. The maximum Gasteiger partial charge on any atom is 0.198 e. The summed E-state index contributed by atoms with van der Waals surface area (Å²) in [5.74, 6) is -6.69. The number of benzene rings is 1. The van der Waals surface area contributed by atoms with Crippen molar-refractivity contribution in [2.45, 2.75) is 0 Å². The van der Waals surface area contributed by atoms with Crippen LogP contribution in [0.25, 0.3) is 22.6 Å². The first kappa shape index (κ1) is 13.3. The Balaban J connectivity index is 2.09. The third kappa shape index (κ3) is 2.26. The highest BCUT2D eigenvalue weighted by molar-refractivity contribution is 5.66. The second kappa shape index (κ2) is 5.01. The first-order chi connectivity index (χ1) is 10.1. The number of nitrogens with zero attached hydrogens (tertiary/aromatic N) is 2. The Morgan fingerprint density at radius 3 is 2.38 bits per heavy atom. The number of H-pyrrole nitrogens is 1. The smallest absolute Gasteiger partial charge is 0.198 e. The van der Waals surface area contributed by atoms with Gasteiger partial charge < -0.3 is 0 Å². The zero-order chi connectivity index (χ0) is 15.0. The highest BCUT2D eigenvalue weighted by atomic mass is 19.2. The van der Waals surface area contributed by atoms with E-state index in [1.54, 1.807) is 24.4 Å². The summed E-state index contributed by atoms with van der Waals surface area (Å²) >= 11 is 0. The van der Waals surface area contributed by atoms with Crippen molar-refractivity contribution in [2.75, 3.05) is 0 Å². The van der Waals surface area contributed by atoms with Crippen LogP contribution in [0.5, 0.6) is 0 Å². The molecule has 21 heavy (non-hydrogen) atoms. The molecule has 1 N–H and O–H groups in total. The minimum atomic E-state index is -1.87. The molecule has 0 bridgehead atoms. The zero-order valence-corrected chi connectivity index (χ0v) is 10.4. The summed E-state index contributed by atoms with van der Waals surface area (Å²) in [5.41, 5.74) is 0.450. The fourth-order valence-corrected chi connectivity index (χ4v) is 1.87. The molecule has 0 amide bonds. The largest absolute Gasteiger partial charge is 0.276 e. The van der Waals surface area contributed by atoms with Crippen LogP contribution in [0.15, 0.2) is 36.5 Å². The van der Waals surface area contributed by atoms with E-state index >= 15 is 0 Å². The molecular formula is C14H7F4N3. The van der Waals surface area contributed by atoms with E-state index in [0.29, 0.717) is 17.5 Å². The van der Waals surface area contributed by atoms with Crippen molar-refractivity contribution in [3.05, 3.63) is 59.8 Å². The van der Waals surface area contributed by atoms with Crippen molar-refractivity contribution in [3.8, 4) is 22.6 Å². The number of nitrogens with one attached hydrogen (secondary N) is 1. The van der Waals surface area contributed by atoms with Gasteiger partial charge in [0.15, 0.2) is 23.3 Å². The lowest BCUT2D eigenvalue weighted by atomic mass is 10.1. The van der Waals surface area contributed by atoms with Crippen LogP contribution in [0, 0.1) is 23.3 Å². The number of aromatic amines is 1. The van der Waals surface area contributed by atoms with Crippen molar-refractivity contribution >= 4 is 0 Å². The van der Waals surface area contributed by atoms with Gasteiger partial charge in [-0.3, -0.25) is 10.1 Å². The molecule has 0 radical (unpaired) electrons. The molecule has 2 heterocycles. The molecule has 3 nitrogen and oxygen atoms in total. The van der Waals surface area contributed by atoms with Crippen LogP contribution in [0.1, 0.15) is 0 Å². The van der Waals surface area contributed by atoms with Crippen molar-refractivity contribution < 1.29 is 17.6 Å². The molecule has 106 valence electrons. The van der Waals surface area contributed by atoms with Crippen LogP contribution in [0.4, 0.5) is 17.6 Å². The summed E-state index contributed by atoms with van der Waals surface area (Å²) in [6, 6.07) is 7.06. The lowest BCUT2D eigenvalue weighted by molar-refractivity contribution is 0.410. The molecule has 0 saturated carbocycles. The molecule has 2 aromatic heterocycles. The Bertz CT molecular complexity index is 799. The molecule has 0 spiro atoms. The van der Waals surface area contributed by atoms with Gasteiger partial charge in [0.2, 0.25) is 0 Å². The van der Waals surface area contributed by atoms with E-state index in [1.807, 2.05) is 0 Å². The average Bonchev–Trinajstić information content (AvgIpc) is 2.99. The van der Waals surface area contributed by atoms with E-state index in [1.165, 1.54) is 6.07 Å². The molecule has 7 heteroatoms. The zero-order valence-electron chi connectivity index (χ0n) is 10.4. The summed E-state index contributed by atoms with van der Waals surface area (Å²) in [7, 11) is 0. The van der Waals surface area contributed by atoms with Gasteiger partial charge in [0.1, 0.15) is 0 Å². The normalized spacial score (nSPS) is 10.9. The Labute approximate surface area is 116 Å². The van der Waals surface area contributed by atoms with Crippen LogP contribution in [0.2, 0.25) is 0 Å². The second-order valence-electron chi connectivity index (χ2n) is 4.23. The second-order valence-corrected chi connectivity index (χ2v) is 4.23. The molecule has 1 aromatic carbocycles. The van der Waals surface area contributed by atoms with Crippen LogP contribution < -0.4 is 0 Å². The molecule has 0 saturated heterocycles. The lowest BCUT2D eigenvalue weighted by Gasteiger charge is -2.02. The van der Waals surface area contributed by atoms with Gasteiger partial charge in [-0.15, -0.1) is 0 Å². The monoisotopic (exact) mass is 293 g/mol. The minimum absolute atomic E-state index is 0.0500. The van der Waals surface area contributed by atoms with Crippen LogP contribution in [0.3, 0.4) is 0 Å². The first-order valence-electron chi connectivity index (χ1n) is 5.88. The number of rotatable bonds is 2. The van der Waals surface area contributed by atoms with E-state index in [0.717, 1.165) is 0 Å². The summed E-state index contributed by atoms with van der Waals surface area (Å²) in [6.07, 6.45) is 1.55. The fraction of sp³-hybridized carbons (Fsp3) is 0. The predicted octanol–water partition coefficient (Wildman–Crippen LogP) is 3.70. The van der Waals surface area contributed by atoms with Gasteiger partial charge in [-0.1, -0.05) is 6.07 Å². The predicted molar refractivity (Wildman–Crippen MR) is 67.1 cm³/mol. The molecule has 0 fully saturated rings. The molecular weight excluding hydrogens is 286 g/mol. The number of hydrogen-bond acceptors (Lipinski definition) is 2. The summed E-state index contributed by atoms with van der Waals surface area (Å²) in [5, 5.41) is 6.36. The van der Waals surface area contributed by atoms with Crippen LogP contribution in [-0.4, -0.2) is 15.2 Å². The molecule has 0 atom stereocenters. The van der Waals surface area contributed by atoms with Gasteiger partial charge in [-0.2, -0.15) is 5.10 Å². The summed E-state index contributed by atoms with van der Waals surface area (Å²) in [4.78, 5) is 4.05. The minimum Gasteiger partial charge on any atom is -0.276 e. The molecule has 3 rings (SSSR count). The average molecular weight is 293 g/mol. The van der Waals surface area contributed by atoms with E-state index < -0.39 is 28.8 Å². The van der Waals surface area contributed by atoms with Crippen molar-refractivity contribution in [2.24, 2.45) is 0 Å². The highest BCUT2D eigenvalue weighted by Crippen LogP contribution is 2.28.